The number of carbonyl (C=O) groups excluding carboxylic acids is 3. The molecule has 0 spiro atoms. The molecule has 208 valence electrons. The smallest absolute Gasteiger partial charge is 0.272 e. The van der Waals surface area contributed by atoms with Gasteiger partial charge in [0, 0.05) is 27.9 Å². The van der Waals surface area contributed by atoms with Crippen molar-refractivity contribution in [3.63, 3.8) is 0 Å². The highest BCUT2D eigenvalue weighted by molar-refractivity contribution is 8.00. The molecule has 0 radical (unpaired) electrons. The molecule has 0 unspecified atom stereocenters. The van der Waals surface area contributed by atoms with Crippen LogP contribution in [0.25, 0.3) is 6.08 Å². The molecule has 4 rings (SSSR count). The predicted octanol–water partition coefficient (Wildman–Crippen LogP) is 5.84. The molecular formula is C32H29N3O5S. The summed E-state index contributed by atoms with van der Waals surface area (Å²) in [4.78, 5) is 39.3. The molecule has 8 nitrogen and oxygen atoms in total. The van der Waals surface area contributed by atoms with Crippen LogP contribution in [0, 0.1) is 0 Å². The Kier molecular flexibility index (Phi) is 10.2. The van der Waals surface area contributed by atoms with E-state index in [1.807, 2.05) is 18.2 Å². The van der Waals surface area contributed by atoms with Crippen LogP contribution in [0.1, 0.15) is 15.9 Å². The SMILES string of the molecule is COc1ccc(/C=C(\NC(=O)c2ccccc2)C(=O)Nc2ccc(SCC(=O)Nc3cccc(OC)c3)cc2)cc1. The van der Waals surface area contributed by atoms with E-state index >= 15 is 0 Å². The minimum atomic E-state index is -0.483. The van der Waals surface area contributed by atoms with E-state index < -0.39 is 11.8 Å². The quantitative estimate of drug-likeness (QED) is 0.155. The lowest BCUT2D eigenvalue weighted by Gasteiger charge is -2.12. The Balaban J connectivity index is 1.40. The average Bonchev–Trinajstić information content (AvgIpc) is 3.01. The van der Waals surface area contributed by atoms with E-state index in [-0.39, 0.29) is 17.4 Å². The number of hydrogen-bond donors (Lipinski definition) is 3. The lowest BCUT2D eigenvalue weighted by Crippen LogP contribution is -2.30. The highest BCUT2D eigenvalue weighted by Gasteiger charge is 2.15. The average molecular weight is 568 g/mol. The maximum absolute atomic E-state index is 13.2. The fourth-order valence-corrected chi connectivity index (χ4v) is 4.39. The zero-order valence-electron chi connectivity index (χ0n) is 22.5. The Hall–Kier alpha value is -5.02. The summed E-state index contributed by atoms with van der Waals surface area (Å²) >= 11 is 1.37. The molecule has 3 N–H and O–H groups in total. The van der Waals surface area contributed by atoms with Crippen LogP contribution in [0.2, 0.25) is 0 Å². The summed E-state index contributed by atoms with van der Waals surface area (Å²) in [6.07, 6.45) is 1.60. The van der Waals surface area contributed by atoms with Gasteiger partial charge in [0.15, 0.2) is 0 Å². The normalized spacial score (nSPS) is 10.8. The Morgan fingerprint density at radius 1 is 0.732 bits per heavy atom. The molecule has 0 heterocycles. The van der Waals surface area contributed by atoms with Gasteiger partial charge >= 0.3 is 0 Å². The van der Waals surface area contributed by atoms with E-state index in [2.05, 4.69) is 16.0 Å². The fraction of sp³-hybridized carbons (Fsp3) is 0.0938. The Labute approximate surface area is 242 Å². The fourth-order valence-electron chi connectivity index (χ4n) is 3.69. The number of hydrogen-bond acceptors (Lipinski definition) is 6. The summed E-state index contributed by atoms with van der Waals surface area (Å²) in [6, 6.07) is 30.0. The van der Waals surface area contributed by atoms with Gasteiger partial charge in [0.1, 0.15) is 17.2 Å². The highest BCUT2D eigenvalue weighted by atomic mass is 32.2. The number of ether oxygens (including phenoxy) is 2. The maximum atomic E-state index is 13.2. The van der Waals surface area contributed by atoms with E-state index in [1.165, 1.54) is 11.8 Å². The van der Waals surface area contributed by atoms with Crippen LogP contribution in [-0.4, -0.2) is 37.7 Å². The summed E-state index contributed by atoms with van der Waals surface area (Å²) < 4.78 is 10.4. The van der Waals surface area contributed by atoms with Gasteiger partial charge in [0.2, 0.25) is 5.91 Å². The van der Waals surface area contributed by atoms with E-state index in [4.69, 9.17) is 9.47 Å². The van der Waals surface area contributed by atoms with Crippen LogP contribution in [0.5, 0.6) is 11.5 Å². The first-order chi connectivity index (χ1) is 19.9. The minimum Gasteiger partial charge on any atom is -0.497 e. The molecule has 41 heavy (non-hydrogen) atoms. The topological polar surface area (TPSA) is 106 Å². The van der Waals surface area contributed by atoms with Crippen molar-refractivity contribution in [3.05, 3.63) is 120 Å². The third kappa shape index (κ3) is 8.74. The molecule has 0 fully saturated rings. The van der Waals surface area contributed by atoms with Gasteiger partial charge in [-0.15, -0.1) is 11.8 Å². The van der Waals surface area contributed by atoms with Crippen LogP contribution < -0.4 is 25.4 Å². The van der Waals surface area contributed by atoms with Gasteiger partial charge in [0.05, 0.1) is 20.0 Å². The lowest BCUT2D eigenvalue weighted by atomic mass is 10.1. The molecule has 4 aromatic rings. The molecule has 4 aromatic carbocycles. The van der Waals surface area contributed by atoms with Crippen molar-refractivity contribution >= 4 is 46.9 Å². The first kappa shape index (κ1) is 29.0. The summed E-state index contributed by atoms with van der Waals surface area (Å²) in [5, 5.41) is 8.40. The van der Waals surface area contributed by atoms with Gasteiger partial charge in [-0.3, -0.25) is 14.4 Å². The standard InChI is InChI=1S/C32H29N3O5S/c1-39-26-15-11-22(12-16-26)19-29(35-31(37)23-7-4-3-5-8-23)32(38)34-24-13-17-28(18-14-24)41-21-30(36)33-25-9-6-10-27(20-25)40-2/h3-20H,21H2,1-2H3,(H,33,36)(H,34,38)(H,35,37)/b29-19-. The van der Waals surface area contributed by atoms with Crippen molar-refractivity contribution in [3.8, 4) is 11.5 Å². The van der Waals surface area contributed by atoms with Crippen molar-refractivity contribution in [2.75, 3.05) is 30.6 Å². The summed E-state index contributed by atoms with van der Waals surface area (Å²) in [6.45, 7) is 0. The summed E-state index contributed by atoms with van der Waals surface area (Å²) in [5.41, 5.74) is 2.42. The number of benzene rings is 4. The number of nitrogens with one attached hydrogen (secondary N) is 3. The number of thioether (sulfide) groups is 1. The first-order valence-corrected chi connectivity index (χ1v) is 13.6. The van der Waals surface area contributed by atoms with E-state index in [0.717, 1.165) is 4.90 Å². The van der Waals surface area contributed by atoms with Crippen LogP contribution >= 0.6 is 11.8 Å². The summed E-state index contributed by atoms with van der Waals surface area (Å²) in [5.74, 6) is 0.515. The van der Waals surface area contributed by atoms with Gasteiger partial charge in [0.25, 0.3) is 11.8 Å². The van der Waals surface area contributed by atoms with Crippen molar-refractivity contribution < 1.29 is 23.9 Å². The van der Waals surface area contributed by atoms with E-state index in [0.29, 0.717) is 34.0 Å². The first-order valence-electron chi connectivity index (χ1n) is 12.6. The Morgan fingerprint density at radius 2 is 1.44 bits per heavy atom. The molecule has 9 heteroatoms. The number of methoxy groups -OCH3 is 2. The van der Waals surface area contributed by atoms with Gasteiger partial charge in [-0.05, 0) is 72.3 Å². The molecule has 0 saturated carbocycles. The predicted molar refractivity (Wildman–Crippen MR) is 162 cm³/mol. The zero-order chi connectivity index (χ0) is 29.0. The van der Waals surface area contributed by atoms with Gasteiger partial charge in [-0.25, -0.2) is 0 Å². The van der Waals surface area contributed by atoms with Crippen molar-refractivity contribution in [2.24, 2.45) is 0 Å². The van der Waals surface area contributed by atoms with Crippen LogP contribution in [0.4, 0.5) is 11.4 Å². The third-order valence-electron chi connectivity index (χ3n) is 5.79. The second kappa shape index (κ2) is 14.4. The van der Waals surface area contributed by atoms with Crippen molar-refractivity contribution in [2.45, 2.75) is 4.90 Å². The Morgan fingerprint density at radius 3 is 2.12 bits per heavy atom. The zero-order valence-corrected chi connectivity index (χ0v) is 23.4. The molecular weight excluding hydrogens is 538 g/mol. The second-order valence-electron chi connectivity index (χ2n) is 8.70. The monoisotopic (exact) mass is 567 g/mol. The molecule has 0 aliphatic rings. The third-order valence-corrected chi connectivity index (χ3v) is 6.80. The molecule has 0 aliphatic carbocycles. The largest absolute Gasteiger partial charge is 0.497 e. The number of amides is 3. The molecule has 0 atom stereocenters. The van der Waals surface area contributed by atoms with E-state index in [1.54, 1.807) is 105 Å². The van der Waals surface area contributed by atoms with Gasteiger partial charge < -0.3 is 25.4 Å². The Bertz CT molecular complexity index is 1520. The molecule has 3 amide bonds. The van der Waals surface area contributed by atoms with Crippen LogP contribution in [-0.2, 0) is 9.59 Å². The van der Waals surface area contributed by atoms with Crippen LogP contribution in [0.15, 0.2) is 114 Å². The van der Waals surface area contributed by atoms with E-state index in [9.17, 15) is 14.4 Å². The van der Waals surface area contributed by atoms with Gasteiger partial charge in [-0.2, -0.15) is 0 Å². The highest BCUT2D eigenvalue weighted by Crippen LogP contribution is 2.22. The number of anilines is 2. The summed E-state index contributed by atoms with van der Waals surface area (Å²) in [7, 11) is 3.15. The number of rotatable bonds is 11. The molecule has 0 saturated heterocycles. The second-order valence-corrected chi connectivity index (χ2v) is 9.75. The molecule has 0 aromatic heterocycles. The van der Waals surface area contributed by atoms with Crippen LogP contribution in [0.3, 0.4) is 0 Å². The van der Waals surface area contributed by atoms with Crippen molar-refractivity contribution in [1.82, 2.24) is 5.32 Å². The minimum absolute atomic E-state index is 0.0803. The lowest BCUT2D eigenvalue weighted by molar-refractivity contribution is -0.114. The van der Waals surface area contributed by atoms with Gasteiger partial charge in [-0.1, -0.05) is 36.4 Å². The molecule has 0 aliphatic heterocycles. The van der Waals surface area contributed by atoms with Crippen molar-refractivity contribution in [1.29, 1.82) is 0 Å². The number of carbonyl (C=O) groups is 3. The maximum Gasteiger partial charge on any atom is 0.272 e. The molecule has 0 bridgehead atoms.